The number of carbonyl (C=O) groups is 1. The largest absolute Gasteiger partial charge is 0.493 e. The van der Waals surface area contributed by atoms with Gasteiger partial charge in [0.2, 0.25) is 5.75 Å². The summed E-state index contributed by atoms with van der Waals surface area (Å²) < 4.78 is 22.1. The van der Waals surface area contributed by atoms with Crippen molar-refractivity contribution in [2.75, 3.05) is 40.0 Å². The first-order chi connectivity index (χ1) is 10.7. The SMILES string of the molecule is CC[C@H]1CN(C(=O)c2cc(OC)c3c(c2)OCCO3)CCO1. The van der Waals surface area contributed by atoms with E-state index in [1.54, 1.807) is 19.2 Å². The summed E-state index contributed by atoms with van der Waals surface area (Å²) in [5, 5.41) is 0. The molecule has 22 heavy (non-hydrogen) atoms. The summed E-state index contributed by atoms with van der Waals surface area (Å²) in [6.07, 6.45) is 1.01. The number of rotatable bonds is 3. The molecule has 1 aromatic rings. The van der Waals surface area contributed by atoms with Crippen LogP contribution < -0.4 is 14.2 Å². The maximum absolute atomic E-state index is 12.7. The number of amides is 1. The first kappa shape index (κ1) is 15.0. The summed E-state index contributed by atoms with van der Waals surface area (Å²) in [6.45, 7) is 4.82. The van der Waals surface area contributed by atoms with Crippen molar-refractivity contribution >= 4 is 5.91 Å². The fourth-order valence-corrected chi connectivity index (χ4v) is 2.73. The maximum atomic E-state index is 12.7. The smallest absolute Gasteiger partial charge is 0.254 e. The van der Waals surface area contributed by atoms with Crippen LogP contribution in [0.4, 0.5) is 0 Å². The molecule has 0 aliphatic carbocycles. The molecule has 120 valence electrons. The molecule has 0 unspecified atom stereocenters. The van der Waals surface area contributed by atoms with Gasteiger partial charge in [0.25, 0.3) is 5.91 Å². The average Bonchev–Trinajstić information content (AvgIpc) is 2.60. The zero-order valence-electron chi connectivity index (χ0n) is 13.0. The first-order valence-electron chi connectivity index (χ1n) is 7.61. The van der Waals surface area contributed by atoms with Crippen molar-refractivity contribution in [3.63, 3.8) is 0 Å². The van der Waals surface area contributed by atoms with Crippen molar-refractivity contribution < 1.29 is 23.7 Å². The molecular weight excluding hydrogens is 286 g/mol. The lowest BCUT2D eigenvalue weighted by Gasteiger charge is -2.33. The van der Waals surface area contributed by atoms with Gasteiger partial charge in [-0.3, -0.25) is 4.79 Å². The molecule has 0 spiro atoms. The maximum Gasteiger partial charge on any atom is 0.254 e. The normalized spacial score (nSPS) is 20.6. The molecule has 2 aliphatic heterocycles. The third-order valence-corrected chi connectivity index (χ3v) is 3.96. The van der Waals surface area contributed by atoms with Crippen LogP contribution in [-0.4, -0.2) is 56.9 Å². The monoisotopic (exact) mass is 307 g/mol. The number of fused-ring (bicyclic) bond motifs is 1. The Labute approximate surface area is 129 Å². The highest BCUT2D eigenvalue weighted by atomic mass is 16.6. The zero-order chi connectivity index (χ0) is 15.5. The minimum absolute atomic E-state index is 0.0305. The van der Waals surface area contributed by atoms with Gasteiger partial charge in [-0.25, -0.2) is 0 Å². The van der Waals surface area contributed by atoms with Crippen molar-refractivity contribution in [2.45, 2.75) is 19.4 Å². The molecule has 2 aliphatic rings. The quantitative estimate of drug-likeness (QED) is 0.851. The van der Waals surface area contributed by atoms with Gasteiger partial charge in [0.05, 0.1) is 19.8 Å². The van der Waals surface area contributed by atoms with Gasteiger partial charge in [0.1, 0.15) is 13.2 Å². The Bertz CT molecular complexity index is 542. The van der Waals surface area contributed by atoms with E-state index in [4.69, 9.17) is 18.9 Å². The molecular formula is C16H21NO5. The Hall–Kier alpha value is -1.95. The van der Waals surface area contributed by atoms with Gasteiger partial charge in [0, 0.05) is 18.7 Å². The Kier molecular flexibility index (Phi) is 4.38. The minimum Gasteiger partial charge on any atom is -0.493 e. The van der Waals surface area contributed by atoms with E-state index in [1.807, 2.05) is 4.90 Å². The molecule has 1 saturated heterocycles. The summed E-state index contributed by atoms with van der Waals surface area (Å²) in [7, 11) is 1.56. The second kappa shape index (κ2) is 6.44. The third-order valence-electron chi connectivity index (χ3n) is 3.96. The lowest BCUT2D eigenvalue weighted by molar-refractivity contribution is -0.0226. The lowest BCUT2D eigenvalue weighted by Crippen LogP contribution is -2.45. The fraction of sp³-hybridized carbons (Fsp3) is 0.562. The Morgan fingerprint density at radius 3 is 2.91 bits per heavy atom. The molecule has 2 heterocycles. The van der Waals surface area contributed by atoms with Gasteiger partial charge in [-0.2, -0.15) is 0 Å². The van der Waals surface area contributed by atoms with Crippen molar-refractivity contribution in [2.24, 2.45) is 0 Å². The molecule has 6 nitrogen and oxygen atoms in total. The lowest BCUT2D eigenvalue weighted by atomic mass is 10.1. The van der Waals surface area contributed by atoms with Gasteiger partial charge in [-0.15, -0.1) is 0 Å². The number of carbonyl (C=O) groups excluding carboxylic acids is 1. The minimum atomic E-state index is -0.0305. The van der Waals surface area contributed by atoms with Crippen LogP contribution in [0.2, 0.25) is 0 Å². The van der Waals surface area contributed by atoms with Gasteiger partial charge >= 0.3 is 0 Å². The van der Waals surface area contributed by atoms with E-state index < -0.39 is 0 Å². The van der Waals surface area contributed by atoms with Crippen molar-refractivity contribution in [1.82, 2.24) is 4.90 Å². The number of methoxy groups -OCH3 is 1. The Balaban J connectivity index is 1.86. The Morgan fingerprint density at radius 2 is 2.14 bits per heavy atom. The standard InChI is InChI=1S/C16H21NO5/c1-3-12-10-17(4-5-20-12)16(18)11-8-13(19-2)15-14(9-11)21-6-7-22-15/h8-9,12H,3-7,10H2,1-2H3/t12-/m0/s1. The highest BCUT2D eigenvalue weighted by molar-refractivity contribution is 5.95. The highest BCUT2D eigenvalue weighted by Crippen LogP contribution is 2.40. The molecule has 0 aromatic heterocycles. The van der Waals surface area contributed by atoms with Crippen molar-refractivity contribution in [3.8, 4) is 17.2 Å². The van der Waals surface area contributed by atoms with Crippen LogP contribution >= 0.6 is 0 Å². The van der Waals surface area contributed by atoms with Gasteiger partial charge in [0.15, 0.2) is 11.5 Å². The van der Waals surface area contributed by atoms with Gasteiger partial charge < -0.3 is 23.8 Å². The van der Waals surface area contributed by atoms with Crippen LogP contribution in [0.5, 0.6) is 17.2 Å². The molecule has 1 atom stereocenters. The van der Waals surface area contributed by atoms with E-state index >= 15 is 0 Å². The van der Waals surface area contributed by atoms with E-state index in [1.165, 1.54) is 0 Å². The third kappa shape index (κ3) is 2.83. The van der Waals surface area contributed by atoms with E-state index in [0.717, 1.165) is 6.42 Å². The van der Waals surface area contributed by atoms with Crippen LogP contribution in [0.3, 0.4) is 0 Å². The topological polar surface area (TPSA) is 57.2 Å². The van der Waals surface area contributed by atoms with Gasteiger partial charge in [-0.1, -0.05) is 6.92 Å². The molecule has 1 aromatic carbocycles. The molecule has 1 fully saturated rings. The number of nitrogens with zero attached hydrogens (tertiary/aromatic N) is 1. The van der Waals surface area contributed by atoms with Crippen LogP contribution in [-0.2, 0) is 4.74 Å². The van der Waals surface area contributed by atoms with Crippen LogP contribution in [0.25, 0.3) is 0 Å². The number of morpholine rings is 1. The van der Waals surface area contributed by atoms with Crippen LogP contribution in [0.1, 0.15) is 23.7 Å². The molecule has 6 heteroatoms. The average molecular weight is 307 g/mol. The van der Waals surface area contributed by atoms with E-state index in [-0.39, 0.29) is 12.0 Å². The van der Waals surface area contributed by atoms with E-state index in [0.29, 0.717) is 55.7 Å². The summed E-state index contributed by atoms with van der Waals surface area (Å²) in [6, 6.07) is 3.45. The summed E-state index contributed by atoms with van der Waals surface area (Å²) in [5.74, 6) is 1.63. The second-order valence-corrected chi connectivity index (χ2v) is 5.35. The fourth-order valence-electron chi connectivity index (χ4n) is 2.73. The van der Waals surface area contributed by atoms with Gasteiger partial charge in [-0.05, 0) is 18.6 Å². The predicted octanol–water partition coefficient (Wildman–Crippen LogP) is 1.72. The summed E-state index contributed by atoms with van der Waals surface area (Å²) in [4.78, 5) is 14.6. The number of ether oxygens (including phenoxy) is 4. The molecule has 1 amide bonds. The number of hydrogen-bond acceptors (Lipinski definition) is 5. The number of hydrogen-bond donors (Lipinski definition) is 0. The summed E-state index contributed by atoms with van der Waals surface area (Å²) in [5.41, 5.74) is 0.554. The molecule has 3 rings (SSSR count). The van der Waals surface area contributed by atoms with Crippen molar-refractivity contribution in [3.05, 3.63) is 17.7 Å². The van der Waals surface area contributed by atoms with E-state index in [2.05, 4.69) is 6.92 Å². The van der Waals surface area contributed by atoms with Crippen LogP contribution in [0, 0.1) is 0 Å². The molecule has 0 N–H and O–H groups in total. The predicted molar refractivity (Wildman–Crippen MR) is 79.9 cm³/mol. The number of benzene rings is 1. The summed E-state index contributed by atoms with van der Waals surface area (Å²) >= 11 is 0. The van der Waals surface area contributed by atoms with Crippen LogP contribution in [0.15, 0.2) is 12.1 Å². The second-order valence-electron chi connectivity index (χ2n) is 5.35. The molecule has 0 bridgehead atoms. The Morgan fingerprint density at radius 1 is 1.32 bits per heavy atom. The molecule has 0 saturated carbocycles. The highest BCUT2D eigenvalue weighted by Gasteiger charge is 2.27. The first-order valence-corrected chi connectivity index (χ1v) is 7.61. The zero-order valence-corrected chi connectivity index (χ0v) is 13.0. The molecule has 0 radical (unpaired) electrons. The van der Waals surface area contributed by atoms with Crippen molar-refractivity contribution in [1.29, 1.82) is 0 Å². The van der Waals surface area contributed by atoms with E-state index in [9.17, 15) is 4.79 Å².